The van der Waals surface area contributed by atoms with E-state index in [9.17, 15) is 14.7 Å². The third kappa shape index (κ3) is 3.94. The summed E-state index contributed by atoms with van der Waals surface area (Å²) in [6.45, 7) is 18.8. The average molecular weight is 542 g/mol. The molecule has 5 heteroatoms. The molecule has 0 aliphatic heterocycles. The van der Waals surface area contributed by atoms with E-state index in [-0.39, 0.29) is 51.0 Å². The Balaban J connectivity index is 1.55. The Kier molecular flexibility index (Phi) is 6.78. The Morgan fingerprint density at radius 2 is 1.62 bits per heavy atom. The fourth-order valence-electron chi connectivity index (χ4n) is 11.2. The van der Waals surface area contributed by atoms with Crippen LogP contribution in [0.4, 0.5) is 0 Å². The van der Waals surface area contributed by atoms with Crippen molar-refractivity contribution >= 4 is 11.9 Å². The van der Waals surface area contributed by atoms with Gasteiger partial charge in [-0.25, -0.2) is 4.79 Å². The first-order valence-electron chi connectivity index (χ1n) is 15.8. The summed E-state index contributed by atoms with van der Waals surface area (Å²) in [4.78, 5) is 26.3. The predicted molar refractivity (Wildman–Crippen MR) is 155 cm³/mol. The number of esters is 1. The van der Waals surface area contributed by atoms with E-state index in [1.807, 2.05) is 0 Å². The number of aliphatic hydroxyl groups excluding tert-OH is 1. The van der Waals surface area contributed by atoms with E-state index in [1.54, 1.807) is 12.5 Å². The Bertz CT molecular complexity index is 1060. The molecule has 0 unspecified atom stereocenters. The summed E-state index contributed by atoms with van der Waals surface area (Å²) in [6, 6.07) is -0.636. The highest BCUT2D eigenvalue weighted by atomic mass is 16.5. The van der Waals surface area contributed by atoms with Gasteiger partial charge in [0.2, 0.25) is 5.91 Å². The van der Waals surface area contributed by atoms with Crippen molar-refractivity contribution in [1.29, 1.82) is 0 Å². The van der Waals surface area contributed by atoms with Crippen molar-refractivity contribution in [2.24, 2.45) is 50.2 Å². The van der Waals surface area contributed by atoms with Gasteiger partial charge in [0.25, 0.3) is 0 Å². The number of allylic oxidation sites excluding steroid dienone is 2. The Labute approximate surface area is 237 Å². The molecule has 5 aliphatic carbocycles. The van der Waals surface area contributed by atoms with Gasteiger partial charge >= 0.3 is 5.97 Å². The van der Waals surface area contributed by atoms with E-state index >= 15 is 0 Å². The van der Waals surface area contributed by atoms with Gasteiger partial charge in [0.15, 0.2) is 0 Å². The highest BCUT2D eigenvalue weighted by molar-refractivity contribution is 5.88. The lowest BCUT2D eigenvalue weighted by Crippen LogP contribution is -2.65. The van der Waals surface area contributed by atoms with E-state index in [0.717, 1.165) is 51.4 Å². The van der Waals surface area contributed by atoms with Gasteiger partial charge in [-0.3, -0.25) is 4.79 Å². The summed E-state index contributed by atoms with van der Waals surface area (Å²) in [5.41, 5.74) is 1.66. The maximum Gasteiger partial charge on any atom is 0.328 e. The van der Waals surface area contributed by atoms with Gasteiger partial charge in [0.05, 0.1) is 18.6 Å². The van der Waals surface area contributed by atoms with Crippen LogP contribution in [0.1, 0.15) is 120 Å². The number of ether oxygens (including phenoxy) is 1. The molecule has 0 bridgehead atoms. The lowest BCUT2D eigenvalue weighted by Gasteiger charge is -2.71. The minimum Gasteiger partial charge on any atom is -0.467 e. The van der Waals surface area contributed by atoms with E-state index in [4.69, 9.17) is 4.74 Å². The number of carbonyl (C=O) groups excluding carboxylic acids is 2. The van der Waals surface area contributed by atoms with E-state index in [2.05, 4.69) is 59.9 Å². The monoisotopic (exact) mass is 541 g/mol. The highest BCUT2D eigenvalue weighted by Crippen LogP contribution is 2.75. The molecule has 0 aromatic carbocycles. The molecule has 1 amide bonds. The first kappa shape index (κ1) is 29.1. The van der Waals surface area contributed by atoms with Gasteiger partial charge in [0.1, 0.15) is 6.04 Å². The lowest BCUT2D eigenvalue weighted by atomic mass is 9.33. The molecule has 0 heterocycles. The van der Waals surface area contributed by atoms with Crippen molar-refractivity contribution in [2.75, 3.05) is 7.11 Å². The van der Waals surface area contributed by atoms with Crippen molar-refractivity contribution in [3.63, 3.8) is 0 Å². The summed E-state index contributed by atoms with van der Waals surface area (Å²) in [7, 11) is 1.38. The Hall–Kier alpha value is -1.36. The zero-order valence-corrected chi connectivity index (χ0v) is 26.2. The molecule has 0 aromatic heterocycles. The molecule has 39 heavy (non-hydrogen) atoms. The van der Waals surface area contributed by atoms with Gasteiger partial charge < -0.3 is 15.2 Å². The molecule has 5 nitrogen and oxygen atoms in total. The second-order valence-electron chi connectivity index (χ2n) is 16.5. The number of amides is 1. The molecular formula is C34H55NO4. The summed E-state index contributed by atoms with van der Waals surface area (Å²) >= 11 is 0. The standard InChI is InChI=1S/C34H55NO4/c1-21(27(37)39-9)35-28(38)34-18-16-29(2,3)20-23(34)22-10-11-25-31(6)14-13-26(36)30(4,5)24(31)12-15-33(25,8)32(22,7)17-19-34/h10,21,23-26,36H,11-20H2,1-9H3,(H,35,38)/t21-,23-,24-,25+,26-,31-,32+,33+,34-/m0/s1. The van der Waals surface area contributed by atoms with E-state index < -0.39 is 11.5 Å². The van der Waals surface area contributed by atoms with Gasteiger partial charge in [0, 0.05) is 0 Å². The van der Waals surface area contributed by atoms with Crippen LogP contribution in [-0.4, -0.2) is 36.2 Å². The van der Waals surface area contributed by atoms with Crippen molar-refractivity contribution in [3.05, 3.63) is 11.6 Å². The SMILES string of the molecule is COC(=O)[C@H](C)NC(=O)[C@]12CCC(C)(C)C[C@H]1C1=CC[C@@H]3[C@@]4(C)CC[C@H](O)C(C)(C)[C@@H]4CC[C@@]3(C)[C@]1(C)CC2. The fourth-order valence-corrected chi connectivity index (χ4v) is 11.2. The van der Waals surface area contributed by atoms with Crippen molar-refractivity contribution in [3.8, 4) is 0 Å². The number of aliphatic hydroxyl groups is 1. The molecule has 9 atom stereocenters. The topological polar surface area (TPSA) is 75.6 Å². The molecule has 5 aliphatic rings. The first-order chi connectivity index (χ1) is 18.0. The summed E-state index contributed by atoms with van der Waals surface area (Å²) in [5.74, 6) is 0.993. The van der Waals surface area contributed by atoms with Crippen LogP contribution < -0.4 is 5.32 Å². The molecule has 0 spiro atoms. The number of fused-ring (bicyclic) bond motifs is 7. The van der Waals surface area contributed by atoms with Crippen LogP contribution in [-0.2, 0) is 14.3 Å². The Morgan fingerprint density at radius 3 is 2.28 bits per heavy atom. The number of carbonyl (C=O) groups is 2. The molecule has 4 fully saturated rings. The number of hydrogen-bond acceptors (Lipinski definition) is 4. The van der Waals surface area contributed by atoms with Crippen LogP contribution in [0, 0.1) is 50.2 Å². The van der Waals surface area contributed by atoms with Crippen molar-refractivity contribution in [1.82, 2.24) is 5.32 Å². The van der Waals surface area contributed by atoms with E-state index in [0.29, 0.717) is 11.8 Å². The first-order valence-corrected chi connectivity index (χ1v) is 15.8. The molecule has 0 aromatic rings. The summed E-state index contributed by atoms with van der Waals surface area (Å²) < 4.78 is 4.93. The molecular weight excluding hydrogens is 486 g/mol. The van der Waals surface area contributed by atoms with E-state index in [1.165, 1.54) is 20.0 Å². The van der Waals surface area contributed by atoms with Crippen LogP contribution in [0.15, 0.2) is 11.6 Å². The van der Waals surface area contributed by atoms with Crippen LogP contribution in [0.5, 0.6) is 0 Å². The van der Waals surface area contributed by atoms with Gasteiger partial charge in [-0.2, -0.15) is 0 Å². The molecule has 0 saturated heterocycles. The third-order valence-electron chi connectivity index (χ3n) is 14.0. The van der Waals surface area contributed by atoms with Crippen LogP contribution in [0.2, 0.25) is 0 Å². The molecule has 220 valence electrons. The van der Waals surface area contributed by atoms with Crippen LogP contribution in [0.3, 0.4) is 0 Å². The summed E-state index contributed by atoms with van der Waals surface area (Å²) in [5, 5.41) is 14.1. The van der Waals surface area contributed by atoms with Gasteiger partial charge in [-0.15, -0.1) is 0 Å². The maximum absolute atomic E-state index is 14.1. The molecule has 5 rings (SSSR count). The average Bonchev–Trinajstić information content (AvgIpc) is 2.86. The highest BCUT2D eigenvalue weighted by Gasteiger charge is 2.69. The molecule has 0 radical (unpaired) electrons. The quantitative estimate of drug-likeness (QED) is 0.303. The number of rotatable bonds is 3. The zero-order valence-electron chi connectivity index (χ0n) is 26.2. The normalized spacial score (nSPS) is 46.8. The number of nitrogens with one attached hydrogen (secondary N) is 1. The van der Waals surface area contributed by atoms with Gasteiger partial charge in [-0.05, 0) is 116 Å². The van der Waals surface area contributed by atoms with Crippen LogP contribution >= 0.6 is 0 Å². The van der Waals surface area contributed by atoms with Crippen molar-refractivity contribution in [2.45, 2.75) is 132 Å². The minimum absolute atomic E-state index is 0.0508. The minimum atomic E-state index is -0.636. The number of methoxy groups -OCH3 is 1. The summed E-state index contributed by atoms with van der Waals surface area (Å²) in [6.07, 6.45) is 12.7. The fraction of sp³-hybridized carbons (Fsp3) is 0.882. The second kappa shape index (κ2) is 9.07. The predicted octanol–water partition coefficient (Wildman–Crippen LogP) is 6.83. The van der Waals surface area contributed by atoms with Crippen LogP contribution in [0.25, 0.3) is 0 Å². The Morgan fingerprint density at radius 1 is 0.949 bits per heavy atom. The zero-order chi connectivity index (χ0) is 28.8. The lowest BCUT2D eigenvalue weighted by molar-refractivity contribution is -0.203. The van der Waals surface area contributed by atoms with Crippen molar-refractivity contribution < 1.29 is 19.4 Å². The number of hydrogen-bond donors (Lipinski definition) is 2. The van der Waals surface area contributed by atoms with Gasteiger partial charge in [-0.1, -0.05) is 60.1 Å². The molecule has 4 saturated carbocycles. The smallest absolute Gasteiger partial charge is 0.328 e. The second-order valence-corrected chi connectivity index (χ2v) is 16.5. The largest absolute Gasteiger partial charge is 0.467 e. The third-order valence-corrected chi connectivity index (χ3v) is 14.0. The maximum atomic E-state index is 14.1. The molecule has 2 N–H and O–H groups in total.